The molecule has 0 atom stereocenters. The fourth-order valence-corrected chi connectivity index (χ4v) is 4.46. The number of ether oxygens (including phenoxy) is 2. The van der Waals surface area contributed by atoms with E-state index in [-0.39, 0.29) is 27.8 Å². The zero-order valence-corrected chi connectivity index (χ0v) is 20.7. The number of nitrogens with zero attached hydrogens (tertiary/aromatic N) is 1. The van der Waals surface area contributed by atoms with E-state index in [4.69, 9.17) is 21.1 Å². The minimum Gasteiger partial charge on any atom is -0.496 e. The molecule has 172 valence electrons. The first-order valence-electron chi connectivity index (χ1n) is 9.59. The molecule has 8 nitrogen and oxygen atoms in total. The number of hydrogen-bond acceptors (Lipinski definition) is 7. The molecule has 2 aromatic carbocycles. The Labute approximate surface area is 207 Å². The summed E-state index contributed by atoms with van der Waals surface area (Å²) in [5, 5.41) is 2.17. The number of nitrogens with one attached hydrogen (secondary N) is 1. The predicted molar refractivity (Wildman–Crippen MR) is 129 cm³/mol. The highest BCUT2D eigenvalue weighted by Gasteiger charge is 2.36. The van der Waals surface area contributed by atoms with E-state index in [0.717, 1.165) is 16.7 Å². The molecular formula is C22H18BrClN2O6S. The molecule has 1 aliphatic rings. The Morgan fingerprint density at radius 1 is 1.21 bits per heavy atom. The first kappa shape index (κ1) is 24.8. The summed E-state index contributed by atoms with van der Waals surface area (Å²) in [5.41, 5.74) is 1.06. The molecule has 1 aliphatic heterocycles. The molecule has 11 heteroatoms. The number of carbonyl (C=O) groups excluding carboxylic acids is 4. The molecule has 0 radical (unpaired) electrons. The van der Waals surface area contributed by atoms with Crippen LogP contribution in [-0.4, -0.2) is 48.2 Å². The van der Waals surface area contributed by atoms with Crippen LogP contribution in [0.15, 0.2) is 45.8 Å². The van der Waals surface area contributed by atoms with Crippen molar-refractivity contribution in [1.29, 1.82) is 0 Å². The normalized spacial score (nSPS) is 14.5. The van der Waals surface area contributed by atoms with Crippen molar-refractivity contribution in [3.63, 3.8) is 0 Å². The van der Waals surface area contributed by atoms with Crippen LogP contribution in [0.25, 0.3) is 6.08 Å². The fourth-order valence-electron chi connectivity index (χ4n) is 2.87. The summed E-state index contributed by atoms with van der Waals surface area (Å²) < 4.78 is 10.8. The van der Waals surface area contributed by atoms with Gasteiger partial charge in [0.05, 0.1) is 33.7 Å². The molecule has 0 aliphatic carbocycles. The second-order valence-corrected chi connectivity index (χ2v) is 8.88. The van der Waals surface area contributed by atoms with Crippen LogP contribution in [0, 0.1) is 0 Å². The zero-order chi connectivity index (χ0) is 24.1. The number of thioether (sulfide) groups is 1. The van der Waals surface area contributed by atoms with Crippen molar-refractivity contribution in [3.05, 3.63) is 61.9 Å². The second-order valence-electron chi connectivity index (χ2n) is 6.63. The molecule has 0 bridgehead atoms. The fraction of sp³-hybridized carbons (Fsp3) is 0.182. The van der Waals surface area contributed by atoms with Gasteiger partial charge in [0, 0.05) is 5.69 Å². The number of benzene rings is 2. The highest BCUT2D eigenvalue weighted by Crippen LogP contribution is 2.34. The van der Waals surface area contributed by atoms with Crippen molar-refractivity contribution in [2.24, 2.45) is 0 Å². The van der Waals surface area contributed by atoms with Gasteiger partial charge in [-0.25, -0.2) is 4.79 Å². The molecule has 1 saturated heterocycles. The summed E-state index contributed by atoms with van der Waals surface area (Å²) in [4.78, 5) is 50.5. The van der Waals surface area contributed by atoms with Crippen LogP contribution >= 0.6 is 39.3 Å². The summed E-state index contributed by atoms with van der Waals surface area (Å²) in [6.07, 6.45) is 1.57. The Morgan fingerprint density at radius 2 is 1.97 bits per heavy atom. The van der Waals surface area contributed by atoms with E-state index in [1.807, 2.05) is 0 Å². The molecular weight excluding hydrogens is 536 g/mol. The largest absolute Gasteiger partial charge is 0.496 e. The summed E-state index contributed by atoms with van der Waals surface area (Å²) in [7, 11) is 1.54. The SMILES string of the molecule is CCOC(=O)c1cc(NC(=O)CN2C(=O)S/C(=C/c3ccc(OC)c(Br)c3)C2=O)ccc1Cl. The number of carbonyl (C=O) groups is 4. The summed E-state index contributed by atoms with van der Waals surface area (Å²) in [6, 6.07) is 9.53. The molecule has 0 saturated carbocycles. The van der Waals surface area contributed by atoms with Crippen LogP contribution < -0.4 is 10.1 Å². The average Bonchev–Trinajstić information content (AvgIpc) is 3.02. The Bertz CT molecular complexity index is 1170. The minimum absolute atomic E-state index is 0.0936. The van der Waals surface area contributed by atoms with Crippen LogP contribution in [0.4, 0.5) is 10.5 Å². The van der Waals surface area contributed by atoms with E-state index in [9.17, 15) is 19.2 Å². The predicted octanol–water partition coefficient (Wildman–Crippen LogP) is 4.96. The van der Waals surface area contributed by atoms with Gasteiger partial charge >= 0.3 is 5.97 Å². The van der Waals surface area contributed by atoms with Crippen molar-refractivity contribution in [2.45, 2.75) is 6.92 Å². The standard InChI is InChI=1S/C22H18BrClN2O6S/c1-3-32-21(29)14-10-13(5-6-16(14)24)25-19(27)11-26-20(28)18(33-22(26)30)9-12-4-7-17(31-2)15(23)8-12/h4-10H,3,11H2,1-2H3,(H,25,27)/b18-9+. The summed E-state index contributed by atoms with van der Waals surface area (Å²) >= 11 is 10.1. The third-order valence-corrected chi connectivity index (χ3v) is 6.25. The quantitative estimate of drug-likeness (QED) is 0.382. The van der Waals surface area contributed by atoms with Crippen molar-refractivity contribution in [1.82, 2.24) is 4.90 Å². The van der Waals surface area contributed by atoms with Gasteiger partial charge in [0.25, 0.3) is 11.1 Å². The molecule has 1 heterocycles. The van der Waals surface area contributed by atoms with Gasteiger partial charge in [-0.3, -0.25) is 19.3 Å². The van der Waals surface area contributed by atoms with Crippen LogP contribution in [0.5, 0.6) is 5.75 Å². The van der Waals surface area contributed by atoms with E-state index in [2.05, 4.69) is 21.2 Å². The highest BCUT2D eigenvalue weighted by atomic mass is 79.9. The van der Waals surface area contributed by atoms with Gasteiger partial charge in [0.15, 0.2) is 0 Å². The maximum absolute atomic E-state index is 12.7. The lowest BCUT2D eigenvalue weighted by atomic mass is 10.2. The lowest BCUT2D eigenvalue weighted by Gasteiger charge is -2.13. The molecule has 3 rings (SSSR count). The zero-order valence-electron chi connectivity index (χ0n) is 17.5. The van der Waals surface area contributed by atoms with E-state index >= 15 is 0 Å². The molecule has 1 fully saturated rings. The first-order valence-corrected chi connectivity index (χ1v) is 11.6. The Kier molecular flexibility index (Phi) is 8.17. The molecule has 0 spiro atoms. The van der Waals surface area contributed by atoms with Crippen molar-refractivity contribution >= 4 is 74.1 Å². The van der Waals surface area contributed by atoms with E-state index in [1.165, 1.54) is 25.3 Å². The van der Waals surface area contributed by atoms with Gasteiger partial charge in [0.1, 0.15) is 12.3 Å². The van der Waals surface area contributed by atoms with Crippen molar-refractivity contribution in [2.75, 3.05) is 25.6 Å². The monoisotopic (exact) mass is 552 g/mol. The molecule has 3 amide bonds. The third kappa shape index (κ3) is 5.95. The molecule has 33 heavy (non-hydrogen) atoms. The van der Waals surface area contributed by atoms with E-state index in [0.29, 0.717) is 15.8 Å². The summed E-state index contributed by atoms with van der Waals surface area (Å²) in [6.45, 7) is 1.35. The smallest absolute Gasteiger partial charge is 0.339 e. The Hall–Kier alpha value is -2.82. The number of amides is 3. The third-order valence-electron chi connectivity index (χ3n) is 4.39. The lowest BCUT2D eigenvalue weighted by molar-refractivity contribution is -0.127. The molecule has 0 aromatic heterocycles. The Morgan fingerprint density at radius 3 is 2.64 bits per heavy atom. The molecule has 0 unspecified atom stereocenters. The van der Waals surface area contributed by atoms with Gasteiger partial charge in [-0.2, -0.15) is 0 Å². The maximum atomic E-state index is 12.7. The number of esters is 1. The van der Waals surface area contributed by atoms with Crippen LogP contribution in [0.3, 0.4) is 0 Å². The van der Waals surface area contributed by atoms with E-state index in [1.54, 1.807) is 31.2 Å². The highest BCUT2D eigenvalue weighted by molar-refractivity contribution is 9.10. The number of rotatable bonds is 7. The van der Waals surface area contributed by atoms with Gasteiger partial charge in [0.2, 0.25) is 5.91 Å². The second kappa shape index (κ2) is 10.9. The summed E-state index contributed by atoms with van der Waals surface area (Å²) in [5.74, 6) is -1.18. The number of methoxy groups -OCH3 is 1. The van der Waals surface area contributed by atoms with Gasteiger partial charge < -0.3 is 14.8 Å². The minimum atomic E-state index is -0.625. The topological polar surface area (TPSA) is 102 Å². The number of hydrogen-bond donors (Lipinski definition) is 1. The molecule has 1 N–H and O–H groups in total. The van der Waals surface area contributed by atoms with Crippen LogP contribution in [0.2, 0.25) is 5.02 Å². The van der Waals surface area contributed by atoms with Gasteiger partial charge in [-0.15, -0.1) is 0 Å². The lowest BCUT2D eigenvalue weighted by Crippen LogP contribution is -2.36. The van der Waals surface area contributed by atoms with Crippen molar-refractivity contribution in [3.8, 4) is 5.75 Å². The number of anilines is 1. The van der Waals surface area contributed by atoms with Gasteiger partial charge in [-0.1, -0.05) is 17.7 Å². The first-order chi connectivity index (χ1) is 15.7. The van der Waals surface area contributed by atoms with Crippen LogP contribution in [-0.2, 0) is 14.3 Å². The van der Waals surface area contributed by atoms with E-state index < -0.39 is 29.6 Å². The van der Waals surface area contributed by atoms with Crippen LogP contribution in [0.1, 0.15) is 22.8 Å². The average molecular weight is 554 g/mol. The Balaban J connectivity index is 1.70. The maximum Gasteiger partial charge on any atom is 0.339 e. The molecule has 2 aromatic rings. The number of imide groups is 1. The van der Waals surface area contributed by atoms with Gasteiger partial charge in [-0.05, 0) is 76.6 Å². The van der Waals surface area contributed by atoms with Crippen molar-refractivity contribution < 1.29 is 28.7 Å². The number of halogens is 2.